The van der Waals surface area contributed by atoms with E-state index in [1.54, 1.807) is 32.7 Å². The van der Waals surface area contributed by atoms with Gasteiger partial charge in [0.05, 0.1) is 31.4 Å². The van der Waals surface area contributed by atoms with Crippen molar-refractivity contribution in [3.8, 4) is 12.0 Å². The van der Waals surface area contributed by atoms with Crippen molar-refractivity contribution in [2.24, 2.45) is 15.6 Å². The average molecular weight is 637 g/mol. The largest absolute Gasteiger partial charge is 0.465 e. The average Bonchev–Trinajstić information content (AvgIpc) is 3.47. The molecule has 2 unspecified atom stereocenters. The minimum absolute atomic E-state index is 0.0644. The first-order chi connectivity index (χ1) is 22.2. The third-order valence-electron chi connectivity index (χ3n) is 7.19. The van der Waals surface area contributed by atoms with Gasteiger partial charge in [0.2, 0.25) is 11.8 Å². The van der Waals surface area contributed by atoms with Crippen LogP contribution in [0, 0.1) is 16.7 Å². The Morgan fingerprint density at radius 2 is 1.70 bits per heavy atom. The maximum atomic E-state index is 12.6. The molecule has 3 N–H and O–H groups in total. The molecule has 3 heterocycles. The molecule has 3 aromatic heterocycles. The number of carbonyl (C=O) groups excluding carboxylic acids is 1. The fourth-order valence-electron chi connectivity index (χ4n) is 4.16. The first-order valence-electron chi connectivity index (χ1n) is 15.2. The minimum atomic E-state index is -0.505. The van der Waals surface area contributed by atoms with E-state index in [4.69, 9.17) is 14.2 Å². The summed E-state index contributed by atoms with van der Waals surface area (Å²) in [7, 11) is 3.23. The highest BCUT2D eigenvalue weighted by Crippen LogP contribution is 2.35. The molecule has 16 nitrogen and oxygen atoms in total. The van der Waals surface area contributed by atoms with E-state index < -0.39 is 5.41 Å². The van der Waals surface area contributed by atoms with Crippen LogP contribution in [0.5, 0.6) is 0 Å². The SMILES string of the molecule is CCC(C)(CC)C(=O)OCCCNc1nc(NC(C)COC)nc(NC(C)COC)c1/N=N\c1nn(-c2ncccn2)cc1C#N. The van der Waals surface area contributed by atoms with E-state index >= 15 is 0 Å². The second-order valence-electron chi connectivity index (χ2n) is 11.0. The molecule has 0 aromatic carbocycles. The Bertz CT molecular complexity index is 1470. The van der Waals surface area contributed by atoms with Crippen LogP contribution in [0.1, 0.15) is 59.4 Å². The highest BCUT2D eigenvalue weighted by atomic mass is 16.5. The van der Waals surface area contributed by atoms with Gasteiger partial charge in [0.25, 0.3) is 5.95 Å². The summed E-state index contributed by atoms with van der Waals surface area (Å²) in [6, 6.07) is 3.52. The Morgan fingerprint density at radius 1 is 1.04 bits per heavy atom. The predicted molar refractivity (Wildman–Crippen MR) is 173 cm³/mol. The van der Waals surface area contributed by atoms with E-state index in [9.17, 15) is 10.1 Å². The third-order valence-corrected chi connectivity index (χ3v) is 7.19. The van der Waals surface area contributed by atoms with Crippen molar-refractivity contribution in [2.45, 2.75) is 66.0 Å². The van der Waals surface area contributed by atoms with Gasteiger partial charge in [0, 0.05) is 45.2 Å². The first kappa shape index (κ1) is 35.7. The van der Waals surface area contributed by atoms with Crippen LogP contribution in [0.25, 0.3) is 5.95 Å². The number of anilines is 3. The summed E-state index contributed by atoms with van der Waals surface area (Å²) in [5.74, 6) is 1.20. The summed E-state index contributed by atoms with van der Waals surface area (Å²) in [5, 5.41) is 32.8. The van der Waals surface area contributed by atoms with Gasteiger partial charge in [-0.2, -0.15) is 15.2 Å². The molecule has 0 saturated heterocycles. The van der Waals surface area contributed by atoms with Gasteiger partial charge in [-0.05, 0) is 46.1 Å². The number of nitrogens with one attached hydrogen (secondary N) is 3. The van der Waals surface area contributed by atoms with Crippen LogP contribution < -0.4 is 16.0 Å². The van der Waals surface area contributed by atoms with Gasteiger partial charge >= 0.3 is 5.97 Å². The number of aromatic nitrogens is 6. The van der Waals surface area contributed by atoms with Crippen molar-refractivity contribution in [3.05, 3.63) is 30.2 Å². The van der Waals surface area contributed by atoms with Gasteiger partial charge in [0.1, 0.15) is 11.6 Å². The summed E-state index contributed by atoms with van der Waals surface area (Å²) in [6.07, 6.45) is 6.54. The van der Waals surface area contributed by atoms with Crippen LogP contribution in [-0.4, -0.2) is 88.4 Å². The summed E-state index contributed by atoms with van der Waals surface area (Å²) < 4.78 is 17.5. The van der Waals surface area contributed by atoms with E-state index in [1.165, 1.54) is 10.9 Å². The van der Waals surface area contributed by atoms with Crippen LogP contribution in [0.15, 0.2) is 34.9 Å². The van der Waals surface area contributed by atoms with Crippen molar-refractivity contribution in [1.82, 2.24) is 29.7 Å². The molecule has 248 valence electrons. The first-order valence-corrected chi connectivity index (χ1v) is 15.2. The van der Waals surface area contributed by atoms with Gasteiger partial charge in [-0.3, -0.25) is 4.79 Å². The van der Waals surface area contributed by atoms with E-state index in [2.05, 4.69) is 57.3 Å². The minimum Gasteiger partial charge on any atom is -0.465 e. The second-order valence-corrected chi connectivity index (χ2v) is 11.0. The standard InChI is InChI=1S/C30H44N12O4/c1-8-30(5,9-2)27(43)46-15-11-14-32-25-23(26(35-20(3)18-44-6)38-28(37-25)36-21(4)19-45-7)39-40-24-22(16-31)17-42(41-24)29-33-12-10-13-34-29/h10,12-13,17,20-21H,8-9,11,14-15,18-19H2,1-7H3,(H3,32,35,36,37,38)/b40-39-. The number of nitrogens with zero attached hydrogens (tertiary/aromatic N) is 9. The molecular formula is C30H44N12O4. The number of rotatable bonds is 19. The lowest BCUT2D eigenvalue weighted by Gasteiger charge is -2.24. The highest BCUT2D eigenvalue weighted by molar-refractivity contribution is 5.76. The van der Waals surface area contributed by atoms with Crippen LogP contribution >= 0.6 is 0 Å². The summed E-state index contributed by atoms with van der Waals surface area (Å²) >= 11 is 0. The Balaban J connectivity index is 1.96. The maximum absolute atomic E-state index is 12.6. The molecule has 0 radical (unpaired) electrons. The molecule has 3 aromatic rings. The quantitative estimate of drug-likeness (QED) is 0.0921. The molecule has 0 bridgehead atoms. The summed E-state index contributed by atoms with van der Waals surface area (Å²) in [4.78, 5) is 30.3. The molecule has 16 heteroatoms. The van der Waals surface area contributed by atoms with Crippen LogP contribution in [0.4, 0.5) is 29.1 Å². The van der Waals surface area contributed by atoms with Gasteiger partial charge < -0.3 is 30.2 Å². The van der Waals surface area contributed by atoms with E-state index in [-0.39, 0.29) is 47.7 Å². The van der Waals surface area contributed by atoms with Crippen molar-refractivity contribution in [2.75, 3.05) is 56.5 Å². The number of esters is 1. The molecule has 0 saturated carbocycles. The smallest absolute Gasteiger partial charge is 0.311 e. The number of hydrogen-bond acceptors (Lipinski definition) is 15. The topological polar surface area (TPSA) is 199 Å². The molecule has 46 heavy (non-hydrogen) atoms. The monoisotopic (exact) mass is 636 g/mol. The van der Waals surface area contributed by atoms with Crippen molar-refractivity contribution in [1.29, 1.82) is 5.26 Å². The second kappa shape index (κ2) is 17.7. The normalized spacial score (nSPS) is 12.8. The molecule has 0 amide bonds. The van der Waals surface area contributed by atoms with Crippen molar-refractivity contribution in [3.63, 3.8) is 0 Å². The van der Waals surface area contributed by atoms with Crippen LogP contribution in [0.2, 0.25) is 0 Å². The van der Waals surface area contributed by atoms with Gasteiger partial charge in [-0.15, -0.1) is 15.3 Å². The lowest BCUT2D eigenvalue weighted by molar-refractivity contribution is -0.155. The fourth-order valence-corrected chi connectivity index (χ4v) is 4.16. The molecule has 0 spiro atoms. The van der Waals surface area contributed by atoms with E-state index in [0.29, 0.717) is 56.6 Å². The Hall–Kier alpha value is -4.75. The number of ether oxygens (including phenoxy) is 3. The van der Waals surface area contributed by atoms with Gasteiger partial charge in [0.15, 0.2) is 17.3 Å². The zero-order chi connectivity index (χ0) is 33.5. The van der Waals surface area contributed by atoms with Gasteiger partial charge in [-0.25, -0.2) is 14.6 Å². The number of nitriles is 1. The number of hydrogen-bond donors (Lipinski definition) is 3. The maximum Gasteiger partial charge on any atom is 0.311 e. The zero-order valence-corrected chi connectivity index (χ0v) is 27.6. The van der Waals surface area contributed by atoms with Crippen LogP contribution in [0.3, 0.4) is 0 Å². The number of azo groups is 1. The summed E-state index contributed by atoms with van der Waals surface area (Å²) in [6.45, 7) is 11.2. The molecular weight excluding hydrogens is 592 g/mol. The molecule has 0 aliphatic heterocycles. The predicted octanol–water partition coefficient (Wildman–Crippen LogP) is 4.80. The third kappa shape index (κ3) is 9.88. The Kier molecular flexibility index (Phi) is 13.7. The van der Waals surface area contributed by atoms with Crippen molar-refractivity contribution >= 4 is 35.1 Å². The fraction of sp³-hybridized carbons (Fsp3) is 0.567. The molecule has 0 aliphatic carbocycles. The molecule has 0 aliphatic rings. The van der Waals surface area contributed by atoms with E-state index in [1.807, 2.05) is 34.6 Å². The zero-order valence-electron chi connectivity index (χ0n) is 27.6. The Labute approximate surface area is 269 Å². The van der Waals surface area contributed by atoms with Crippen LogP contribution in [-0.2, 0) is 19.0 Å². The Morgan fingerprint density at radius 3 is 2.33 bits per heavy atom. The molecule has 0 fully saturated rings. The van der Waals surface area contributed by atoms with Gasteiger partial charge in [-0.1, -0.05) is 13.8 Å². The molecule has 3 rings (SSSR count). The number of carbonyl (C=O) groups is 1. The number of methoxy groups -OCH3 is 2. The summed E-state index contributed by atoms with van der Waals surface area (Å²) in [5.41, 5.74) is -0.0496. The lowest BCUT2D eigenvalue weighted by Crippen LogP contribution is -2.29. The van der Waals surface area contributed by atoms with Crippen molar-refractivity contribution < 1.29 is 19.0 Å². The molecule has 2 atom stereocenters. The lowest BCUT2D eigenvalue weighted by atomic mass is 9.85. The highest BCUT2D eigenvalue weighted by Gasteiger charge is 2.30. The van der Waals surface area contributed by atoms with E-state index in [0.717, 1.165) is 0 Å².